The van der Waals surface area contributed by atoms with Gasteiger partial charge < -0.3 is 14.4 Å². The Labute approximate surface area is 158 Å². The SMILES string of the molecule is COc1ccc(OCCN2CCN(C(=O)/C=C/c3cccs3)CC2)cc1. The van der Waals surface area contributed by atoms with E-state index in [0.717, 1.165) is 49.1 Å². The van der Waals surface area contributed by atoms with Gasteiger partial charge >= 0.3 is 0 Å². The fourth-order valence-corrected chi connectivity index (χ4v) is 3.42. The summed E-state index contributed by atoms with van der Waals surface area (Å²) in [4.78, 5) is 17.6. The van der Waals surface area contributed by atoms with Gasteiger partial charge in [-0.15, -0.1) is 11.3 Å². The predicted octanol–water partition coefficient (Wildman–Crippen LogP) is 2.99. The van der Waals surface area contributed by atoms with Gasteiger partial charge in [-0.25, -0.2) is 0 Å². The van der Waals surface area contributed by atoms with Gasteiger partial charge in [-0.3, -0.25) is 9.69 Å². The number of carbonyl (C=O) groups excluding carboxylic acids is 1. The molecule has 0 aliphatic carbocycles. The highest BCUT2D eigenvalue weighted by Gasteiger charge is 2.19. The van der Waals surface area contributed by atoms with Gasteiger partial charge in [0.25, 0.3) is 0 Å². The standard InChI is InChI=1S/C20H24N2O3S/c1-24-17-4-6-18(7-5-17)25-15-14-21-10-12-22(13-11-21)20(23)9-8-19-3-2-16-26-19/h2-9,16H,10-15H2,1H3/b9-8+. The highest BCUT2D eigenvalue weighted by molar-refractivity contribution is 7.10. The maximum absolute atomic E-state index is 12.2. The lowest BCUT2D eigenvalue weighted by Crippen LogP contribution is -2.49. The molecule has 3 rings (SSSR count). The van der Waals surface area contributed by atoms with Gasteiger partial charge in [-0.1, -0.05) is 6.07 Å². The molecule has 5 nitrogen and oxygen atoms in total. The molecule has 0 spiro atoms. The Morgan fingerprint density at radius 3 is 2.50 bits per heavy atom. The van der Waals surface area contributed by atoms with E-state index in [9.17, 15) is 4.79 Å². The third-order valence-corrected chi connectivity index (χ3v) is 5.19. The van der Waals surface area contributed by atoms with Crippen molar-refractivity contribution in [2.75, 3.05) is 46.4 Å². The monoisotopic (exact) mass is 372 g/mol. The predicted molar refractivity (Wildman–Crippen MR) is 105 cm³/mol. The molecule has 0 unspecified atom stereocenters. The van der Waals surface area contributed by atoms with Gasteiger partial charge in [0.2, 0.25) is 5.91 Å². The third-order valence-electron chi connectivity index (χ3n) is 4.35. The molecular formula is C20H24N2O3S. The lowest BCUT2D eigenvalue weighted by molar-refractivity contribution is -0.127. The van der Waals surface area contributed by atoms with Crippen LogP contribution in [0.15, 0.2) is 47.9 Å². The van der Waals surface area contributed by atoms with Crippen molar-refractivity contribution >= 4 is 23.3 Å². The molecule has 0 saturated carbocycles. The molecule has 1 aromatic heterocycles. The number of hydrogen-bond donors (Lipinski definition) is 0. The van der Waals surface area contributed by atoms with Crippen molar-refractivity contribution in [2.45, 2.75) is 0 Å². The summed E-state index contributed by atoms with van der Waals surface area (Å²) in [7, 11) is 1.65. The normalized spacial score (nSPS) is 15.3. The topological polar surface area (TPSA) is 42.0 Å². The van der Waals surface area contributed by atoms with Crippen molar-refractivity contribution < 1.29 is 14.3 Å². The fourth-order valence-electron chi connectivity index (χ4n) is 2.80. The molecule has 0 N–H and O–H groups in total. The number of thiophene rings is 1. The molecule has 0 radical (unpaired) electrons. The van der Waals surface area contributed by atoms with E-state index in [1.165, 1.54) is 0 Å². The van der Waals surface area contributed by atoms with Crippen molar-refractivity contribution in [3.63, 3.8) is 0 Å². The number of rotatable bonds is 7. The molecular weight excluding hydrogens is 348 g/mol. The van der Waals surface area contributed by atoms with Crippen molar-refractivity contribution in [1.29, 1.82) is 0 Å². The first-order valence-corrected chi connectivity index (χ1v) is 9.62. The number of methoxy groups -OCH3 is 1. The molecule has 2 aromatic rings. The Morgan fingerprint density at radius 2 is 1.85 bits per heavy atom. The fraction of sp³-hybridized carbons (Fsp3) is 0.350. The quantitative estimate of drug-likeness (QED) is 0.701. The second-order valence-electron chi connectivity index (χ2n) is 6.04. The average Bonchev–Trinajstić information content (AvgIpc) is 3.21. The van der Waals surface area contributed by atoms with E-state index in [2.05, 4.69) is 4.90 Å². The highest BCUT2D eigenvalue weighted by Crippen LogP contribution is 2.17. The van der Waals surface area contributed by atoms with E-state index in [1.807, 2.05) is 52.8 Å². The Hall–Kier alpha value is -2.31. The van der Waals surface area contributed by atoms with Crippen LogP contribution in [-0.4, -0.2) is 62.1 Å². The largest absolute Gasteiger partial charge is 0.497 e. The molecule has 26 heavy (non-hydrogen) atoms. The first-order valence-electron chi connectivity index (χ1n) is 8.74. The summed E-state index contributed by atoms with van der Waals surface area (Å²) >= 11 is 1.63. The molecule has 138 valence electrons. The number of amides is 1. The lowest BCUT2D eigenvalue weighted by atomic mass is 10.3. The smallest absolute Gasteiger partial charge is 0.246 e. The molecule has 1 amide bonds. The van der Waals surface area contributed by atoms with Crippen molar-refractivity contribution in [1.82, 2.24) is 9.80 Å². The van der Waals surface area contributed by atoms with E-state index in [0.29, 0.717) is 6.61 Å². The first kappa shape index (κ1) is 18.5. The molecule has 0 bridgehead atoms. The van der Waals surface area contributed by atoms with Gasteiger partial charge in [0.05, 0.1) is 7.11 Å². The van der Waals surface area contributed by atoms with Crippen LogP contribution in [-0.2, 0) is 4.79 Å². The number of nitrogens with zero attached hydrogens (tertiary/aromatic N) is 2. The maximum Gasteiger partial charge on any atom is 0.246 e. The number of benzene rings is 1. The zero-order valence-corrected chi connectivity index (χ0v) is 15.8. The zero-order valence-electron chi connectivity index (χ0n) is 15.0. The van der Waals surface area contributed by atoms with E-state index >= 15 is 0 Å². The third kappa shape index (κ3) is 5.34. The molecule has 1 aliphatic heterocycles. The van der Waals surface area contributed by atoms with Gasteiger partial charge in [0.15, 0.2) is 0 Å². The minimum atomic E-state index is 0.0903. The first-order chi connectivity index (χ1) is 12.7. The van der Waals surface area contributed by atoms with Gasteiger partial charge in [-0.2, -0.15) is 0 Å². The van der Waals surface area contributed by atoms with E-state index in [4.69, 9.17) is 9.47 Å². The molecule has 1 aliphatic rings. The van der Waals surface area contributed by atoms with Gasteiger partial charge in [0, 0.05) is 43.7 Å². The van der Waals surface area contributed by atoms with E-state index in [1.54, 1.807) is 24.5 Å². The Balaban J connectivity index is 1.36. The summed E-state index contributed by atoms with van der Waals surface area (Å²) < 4.78 is 10.9. The van der Waals surface area contributed by atoms with Crippen LogP contribution in [0, 0.1) is 0 Å². The van der Waals surface area contributed by atoms with Crippen LogP contribution in [0.3, 0.4) is 0 Å². The van der Waals surface area contributed by atoms with Crippen LogP contribution in [0.5, 0.6) is 11.5 Å². The van der Waals surface area contributed by atoms with Crippen molar-refractivity contribution in [2.24, 2.45) is 0 Å². The van der Waals surface area contributed by atoms with E-state index < -0.39 is 0 Å². The zero-order chi connectivity index (χ0) is 18.2. The number of hydrogen-bond acceptors (Lipinski definition) is 5. The molecule has 6 heteroatoms. The number of carbonyl (C=O) groups is 1. The van der Waals surface area contributed by atoms with Crippen LogP contribution in [0.2, 0.25) is 0 Å². The van der Waals surface area contributed by atoms with Gasteiger partial charge in [-0.05, 0) is 41.8 Å². The highest BCUT2D eigenvalue weighted by atomic mass is 32.1. The summed E-state index contributed by atoms with van der Waals surface area (Å²) in [5.74, 6) is 1.76. The second kappa shape index (κ2) is 9.40. The average molecular weight is 372 g/mol. The lowest BCUT2D eigenvalue weighted by Gasteiger charge is -2.34. The maximum atomic E-state index is 12.2. The molecule has 1 saturated heterocycles. The molecule has 1 aromatic carbocycles. The summed E-state index contributed by atoms with van der Waals surface area (Å²) in [6, 6.07) is 11.6. The summed E-state index contributed by atoms with van der Waals surface area (Å²) in [5.41, 5.74) is 0. The molecule has 1 fully saturated rings. The summed E-state index contributed by atoms with van der Waals surface area (Å²) in [5, 5.41) is 2.01. The van der Waals surface area contributed by atoms with Crippen LogP contribution in [0.4, 0.5) is 0 Å². The second-order valence-corrected chi connectivity index (χ2v) is 7.02. The molecule has 2 heterocycles. The Kier molecular flexibility index (Phi) is 6.68. The number of ether oxygens (including phenoxy) is 2. The number of piperazine rings is 1. The Bertz CT molecular complexity index is 705. The van der Waals surface area contributed by atoms with Crippen LogP contribution >= 0.6 is 11.3 Å². The molecule has 0 atom stereocenters. The van der Waals surface area contributed by atoms with Gasteiger partial charge in [0.1, 0.15) is 18.1 Å². The minimum Gasteiger partial charge on any atom is -0.497 e. The summed E-state index contributed by atoms with van der Waals surface area (Å²) in [6.07, 6.45) is 3.57. The van der Waals surface area contributed by atoms with Crippen molar-refractivity contribution in [3.8, 4) is 11.5 Å². The van der Waals surface area contributed by atoms with Crippen LogP contribution in [0.1, 0.15) is 4.88 Å². The van der Waals surface area contributed by atoms with Crippen LogP contribution in [0.25, 0.3) is 6.08 Å². The van der Waals surface area contributed by atoms with Crippen molar-refractivity contribution in [3.05, 3.63) is 52.7 Å². The summed E-state index contributed by atoms with van der Waals surface area (Å²) in [6.45, 7) is 4.78. The van der Waals surface area contributed by atoms with Crippen LogP contribution < -0.4 is 9.47 Å². The van der Waals surface area contributed by atoms with E-state index in [-0.39, 0.29) is 5.91 Å². The minimum absolute atomic E-state index is 0.0903. The Morgan fingerprint density at radius 1 is 1.12 bits per heavy atom.